The van der Waals surface area contributed by atoms with E-state index in [9.17, 15) is 4.79 Å². The van der Waals surface area contributed by atoms with Crippen LogP contribution in [0, 0.1) is 0 Å². The summed E-state index contributed by atoms with van der Waals surface area (Å²) in [6, 6.07) is 18.5. The molecule has 2 aromatic carbocycles. The zero-order chi connectivity index (χ0) is 17.3. The highest BCUT2D eigenvalue weighted by Gasteiger charge is 2.04. The fourth-order valence-corrected chi connectivity index (χ4v) is 2.44. The second-order valence-electron chi connectivity index (χ2n) is 5.54. The summed E-state index contributed by atoms with van der Waals surface area (Å²) in [5.41, 5.74) is 0.117. The maximum Gasteiger partial charge on any atom is 0.336 e. The van der Waals surface area contributed by atoms with Gasteiger partial charge in [0.2, 0.25) is 0 Å². The molecule has 5 nitrogen and oxygen atoms in total. The van der Waals surface area contributed by atoms with E-state index in [1.165, 1.54) is 6.07 Å². The summed E-state index contributed by atoms with van der Waals surface area (Å²) in [5, 5.41) is 4.15. The van der Waals surface area contributed by atoms with Crippen molar-refractivity contribution in [1.82, 2.24) is 5.32 Å². The van der Waals surface area contributed by atoms with Crippen LogP contribution >= 0.6 is 0 Å². The second kappa shape index (κ2) is 8.89. The van der Waals surface area contributed by atoms with Crippen LogP contribution in [-0.4, -0.2) is 26.3 Å². The van der Waals surface area contributed by atoms with Gasteiger partial charge in [0.1, 0.15) is 12.4 Å². The van der Waals surface area contributed by atoms with Gasteiger partial charge in [0.15, 0.2) is 11.3 Å². The topological polar surface area (TPSA) is 60.7 Å². The first-order valence-corrected chi connectivity index (χ1v) is 8.37. The Labute approximate surface area is 146 Å². The van der Waals surface area contributed by atoms with E-state index >= 15 is 0 Å². The first kappa shape index (κ1) is 17.0. The van der Waals surface area contributed by atoms with Crippen molar-refractivity contribution in [2.45, 2.75) is 6.42 Å². The van der Waals surface area contributed by atoms with Crippen molar-refractivity contribution in [3.05, 3.63) is 71.1 Å². The number of fused-ring (bicyclic) bond motifs is 1. The Kier molecular flexibility index (Phi) is 6.06. The van der Waals surface area contributed by atoms with E-state index in [4.69, 9.17) is 13.9 Å². The van der Waals surface area contributed by atoms with Gasteiger partial charge in [-0.3, -0.25) is 0 Å². The van der Waals surface area contributed by atoms with Gasteiger partial charge in [-0.1, -0.05) is 30.3 Å². The molecule has 0 aliphatic rings. The van der Waals surface area contributed by atoms with Gasteiger partial charge in [0.05, 0.1) is 6.61 Å². The molecule has 1 N–H and O–H groups in total. The lowest BCUT2D eigenvalue weighted by atomic mass is 10.2. The SMILES string of the molecule is O=c1ccc2cccc(OCCNCCCOc3ccccc3)c2o1. The minimum absolute atomic E-state index is 0.375. The van der Waals surface area contributed by atoms with E-state index in [0.29, 0.717) is 31.1 Å². The van der Waals surface area contributed by atoms with Crippen LogP contribution in [0.15, 0.2) is 69.9 Å². The Morgan fingerprint density at radius 3 is 2.60 bits per heavy atom. The average Bonchev–Trinajstić information content (AvgIpc) is 2.65. The Balaban J connectivity index is 1.35. The van der Waals surface area contributed by atoms with Gasteiger partial charge >= 0.3 is 5.63 Å². The van der Waals surface area contributed by atoms with Crippen LogP contribution in [0.4, 0.5) is 0 Å². The first-order chi connectivity index (χ1) is 12.3. The van der Waals surface area contributed by atoms with Gasteiger partial charge in [-0.25, -0.2) is 4.79 Å². The van der Waals surface area contributed by atoms with Gasteiger partial charge in [-0.2, -0.15) is 0 Å². The predicted molar refractivity (Wildman–Crippen MR) is 97.4 cm³/mol. The van der Waals surface area contributed by atoms with E-state index in [0.717, 1.165) is 24.1 Å². The van der Waals surface area contributed by atoms with Crippen LogP contribution in [-0.2, 0) is 0 Å². The highest BCUT2D eigenvalue weighted by Crippen LogP contribution is 2.23. The van der Waals surface area contributed by atoms with E-state index in [2.05, 4.69) is 5.32 Å². The van der Waals surface area contributed by atoms with Crippen molar-refractivity contribution in [3.8, 4) is 11.5 Å². The summed E-state index contributed by atoms with van der Waals surface area (Å²) in [6.45, 7) is 2.73. The Morgan fingerprint density at radius 1 is 0.840 bits per heavy atom. The smallest absolute Gasteiger partial charge is 0.336 e. The van der Waals surface area contributed by atoms with Crippen LogP contribution in [0.1, 0.15) is 6.42 Å². The lowest BCUT2D eigenvalue weighted by Gasteiger charge is -2.09. The summed E-state index contributed by atoms with van der Waals surface area (Å²) in [6.07, 6.45) is 0.915. The molecule has 0 saturated heterocycles. The number of hydrogen-bond acceptors (Lipinski definition) is 5. The molecule has 3 aromatic rings. The standard InChI is InChI=1S/C20H21NO4/c22-19-11-10-16-6-4-9-18(20(16)25-19)24-15-13-21-12-5-14-23-17-7-2-1-3-8-17/h1-4,6-11,21H,5,12-15H2. The van der Waals surface area contributed by atoms with Gasteiger partial charge in [-0.15, -0.1) is 0 Å². The largest absolute Gasteiger partial charge is 0.494 e. The third kappa shape index (κ3) is 5.09. The van der Waals surface area contributed by atoms with Crippen LogP contribution in [0.3, 0.4) is 0 Å². The van der Waals surface area contributed by atoms with Crippen LogP contribution in [0.2, 0.25) is 0 Å². The van der Waals surface area contributed by atoms with Crippen LogP contribution < -0.4 is 20.4 Å². The van der Waals surface area contributed by atoms with Crippen LogP contribution in [0.5, 0.6) is 11.5 Å². The van der Waals surface area contributed by atoms with E-state index in [1.54, 1.807) is 12.1 Å². The van der Waals surface area contributed by atoms with Gasteiger partial charge in [0.25, 0.3) is 0 Å². The molecule has 0 bridgehead atoms. The number of ether oxygens (including phenoxy) is 2. The minimum atomic E-state index is -0.375. The van der Waals surface area contributed by atoms with E-state index in [1.807, 2.05) is 42.5 Å². The molecule has 0 spiro atoms. The molecule has 0 radical (unpaired) electrons. The zero-order valence-electron chi connectivity index (χ0n) is 13.9. The number of nitrogens with one attached hydrogen (secondary N) is 1. The summed E-state index contributed by atoms with van der Waals surface area (Å²) in [5.74, 6) is 1.48. The molecule has 3 rings (SSSR count). The number of hydrogen-bond donors (Lipinski definition) is 1. The van der Waals surface area contributed by atoms with Gasteiger partial charge in [-0.05, 0) is 37.2 Å². The van der Waals surface area contributed by atoms with Crippen molar-refractivity contribution in [2.24, 2.45) is 0 Å². The van der Waals surface area contributed by atoms with Crippen molar-refractivity contribution in [2.75, 3.05) is 26.3 Å². The second-order valence-corrected chi connectivity index (χ2v) is 5.54. The van der Waals surface area contributed by atoms with Crippen molar-refractivity contribution in [3.63, 3.8) is 0 Å². The molecule has 1 aromatic heterocycles. The van der Waals surface area contributed by atoms with Gasteiger partial charge < -0.3 is 19.2 Å². The zero-order valence-corrected chi connectivity index (χ0v) is 13.9. The summed E-state index contributed by atoms with van der Waals surface area (Å²) < 4.78 is 16.6. The maximum absolute atomic E-state index is 11.4. The monoisotopic (exact) mass is 339 g/mol. The molecular weight excluding hydrogens is 318 g/mol. The van der Waals surface area contributed by atoms with Crippen LogP contribution in [0.25, 0.3) is 11.0 Å². The molecule has 0 atom stereocenters. The maximum atomic E-state index is 11.4. The molecular formula is C20H21NO4. The molecule has 130 valence electrons. The number of para-hydroxylation sites is 2. The molecule has 0 aliphatic heterocycles. The van der Waals surface area contributed by atoms with Gasteiger partial charge in [0, 0.05) is 18.0 Å². The molecule has 0 aliphatic carbocycles. The molecule has 0 saturated carbocycles. The number of rotatable bonds is 9. The van der Waals surface area contributed by atoms with Crippen molar-refractivity contribution in [1.29, 1.82) is 0 Å². The fourth-order valence-electron chi connectivity index (χ4n) is 2.44. The van der Waals surface area contributed by atoms with E-state index < -0.39 is 0 Å². The Hall–Kier alpha value is -2.79. The summed E-state index contributed by atoms with van der Waals surface area (Å²) in [7, 11) is 0. The first-order valence-electron chi connectivity index (χ1n) is 8.37. The molecule has 1 heterocycles. The Morgan fingerprint density at radius 2 is 1.72 bits per heavy atom. The predicted octanol–water partition coefficient (Wildman–Crippen LogP) is 3.23. The molecule has 0 fully saturated rings. The molecule has 0 unspecified atom stereocenters. The summed E-state index contributed by atoms with van der Waals surface area (Å²) >= 11 is 0. The number of benzene rings is 2. The Bertz CT molecular complexity index is 845. The normalized spacial score (nSPS) is 10.7. The molecule has 5 heteroatoms. The fraction of sp³-hybridized carbons (Fsp3) is 0.250. The third-order valence-corrected chi connectivity index (χ3v) is 3.66. The highest BCUT2D eigenvalue weighted by atomic mass is 16.5. The summed E-state index contributed by atoms with van der Waals surface area (Å²) in [4.78, 5) is 11.4. The molecule has 25 heavy (non-hydrogen) atoms. The average molecular weight is 339 g/mol. The van der Waals surface area contributed by atoms with Crippen molar-refractivity contribution < 1.29 is 13.9 Å². The lowest BCUT2D eigenvalue weighted by Crippen LogP contribution is -2.23. The quantitative estimate of drug-likeness (QED) is 0.479. The lowest BCUT2D eigenvalue weighted by molar-refractivity contribution is 0.294. The molecule has 0 amide bonds. The highest BCUT2D eigenvalue weighted by molar-refractivity contribution is 5.82. The third-order valence-electron chi connectivity index (χ3n) is 3.66. The minimum Gasteiger partial charge on any atom is -0.494 e. The van der Waals surface area contributed by atoms with E-state index in [-0.39, 0.29) is 5.63 Å². The van der Waals surface area contributed by atoms with Crippen molar-refractivity contribution >= 4 is 11.0 Å².